The SMILES string of the molecule is [H]/N=C(\CC(OCc1ccccc1)c1ccc(Cl)cc1)C(=O)OCc1ccco1. The maximum Gasteiger partial charge on any atom is 0.352 e. The Morgan fingerprint density at radius 1 is 1.07 bits per heavy atom. The van der Waals surface area contributed by atoms with Gasteiger partial charge in [0.15, 0.2) is 1.41 Å². The predicted octanol–water partition coefficient (Wildman–Crippen LogP) is 5.34. The standard InChI is InChI=1S/C22H20ClNO4/c23-18-10-8-17(9-11-18)21(27-14-16-5-2-1-3-6-16)13-20(24)22(25)28-15-19-7-4-12-26-19/h1-12,21,24H,13-15H2/b24-20+. The molecule has 1 N–H and O–H groups in total. The van der Waals surface area contributed by atoms with Gasteiger partial charge in [0.25, 0.3) is 0 Å². The van der Waals surface area contributed by atoms with E-state index in [-0.39, 0.29) is 18.7 Å². The van der Waals surface area contributed by atoms with E-state index in [4.69, 9.17) is 26.9 Å². The van der Waals surface area contributed by atoms with E-state index in [2.05, 4.69) is 5.40 Å². The third-order valence-electron chi connectivity index (χ3n) is 4.08. The van der Waals surface area contributed by atoms with Crippen LogP contribution in [0.1, 0.15) is 29.4 Å². The summed E-state index contributed by atoms with van der Waals surface area (Å²) in [7, 11) is 0. The average Bonchev–Trinajstić information content (AvgIpc) is 3.27. The van der Waals surface area contributed by atoms with Gasteiger partial charge in [0.1, 0.15) is 18.1 Å². The van der Waals surface area contributed by atoms with Crippen LogP contribution in [0.25, 0.3) is 0 Å². The zero-order valence-corrected chi connectivity index (χ0v) is 15.8. The second-order valence-electron chi connectivity index (χ2n) is 6.14. The molecule has 6 heteroatoms. The third-order valence-corrected chi connectivity index (χ3v) is 4.33. The largest absolute Gasteiger partial charge is 0.466 e. The number of benzene rings is 2. The Kier molecular flexibility index (Phi) is 6.51. The number of hydrogen-bond acceptors (Lipinski definition) is 5. The van der Waals surface area contributed by atoms with E-state index in [1.165, 1.54) is 6.26 Å². The summed E-state index contributed by atoms with van der Waals surface area (Å²) in [5.41, 5.74) is 1.78. The topological polar surface area (TPSA) is 72.5 Å². The fraction of sp³-hybridized carbons (Fsp3) is 0.182. The van der Waals surface area contributed by atoms with Crippen LogP contribution >= 0.6 is 11.6 Å². The molecule has 3 aromatic rings. The minimum atomic E-state index is -0.682. The van der Waals surface area contributed by atoms with Gasteiger partial charge in [-0.05, 0) is 35.4 Å². The summed E-state index contributed by atoms with van der Waals surface area (Å²) in [5.74, 6) is -0.170. The van der Waals surface area contributed by atoms with Crippen LogP contribution in [-0.2, 0) is 27.5 Å². The van der Waals surface area contributed by atoms with E-state index in [1.54, 1.807) is 24.3 Å². The fourth-order valence-corrected chi connectivity index (χ4v) is 2.72. The summed E-state index contributed by atoms with van der Waals surface area (Å²) in [5, 5.41) is 3.98. The van der Waals surface area contributed by atoms with Gasteiger partial charge in [0.05, 0.1) is 19.0 Å². The van der Waals surface area contributed by atoms with Gasteiger partial charge in [-0.15, -0.1) is 0 Å². The van der Waals surface area contributed by atoms with Gasteiger partial charge < -0.3 is 13.9 Å². The Morgan fingerprint density at radius 2 is 1.86 bits per heavy atom. The zero-order valence-electron chi connectivity index (χ0n) is 16.1. The maximum absolute atomic E-state index is 12.4. The van der Waals surface area contributed by atoms with Crippen LogP contribution in [-0.4, -0.2) is 11.7 Å². The normalized spacial score (nSPS) is 13.0. The second kappa shape index (κ2) is 9.88. The molecule has 0 aliphatic rings. The number of halogens is 1. The van der Waals surface area contributed by atoms with Crippen molar-refractivity contribution in [3.63, 3.8) is 0 Å². The summed E-state index contributed by atoms with van der Waals surface area (Å²) in [6.07, 6.45) is 1.10. The smallest absolute Gasteiger partial charge is 0.352 e. The Morgan fingerprint density at radius 3 is 2.54 bits per heavy atom. The van der Waals surface area contributed by atoms with Crippen molar-refractivity contribution >= 4 is 23.3 Å². The minimum Gasteiger partial charge on any atom is -0.466 e. The van der Waals surface area contributed by atoms with Crippen LogP contribution in [0.5, 0.6) is 0 Å². The molecule has 144 valence electrons. The predicted molar refractivity (Wildman–Crippen MR) is 106 cm³/mol. The summed E-state index contributed by atoms with van der Waals surface area (Å²) in [6.45, 7) is 0.322. The minimum absolute atomic E-state index is 0.0265. The summed E-state index contributed by atoms with van der Waals surface area (Å²) >= 11 is 5.99. The van der Waals surface area contributed by atoms with E-state index in [1.807, 2.05) is 42.5 Å². The molecule has 0 fully saturated rings. The number of rotatable bonds is 9. The monoisotopic (exact) mass is 397 g/mol. The molecule has 0 aliphatic heterocycles. The lowest BCUT2D eigenvalue weighted by atomic mass is 10.0. The molecule has 3 rings (SSSR count). The first-order valence-electron chi connectivity index (χ1n) is 9.22. The van der Waals surface area contributed by atoms with Crippen LogP contribution in [0.3, 0.4) is 0 Å². The molecule has 0 aliphatic carbocycles. The molecule has 0 saturated heterocycles. The molecule has 0 saturated carbocycles. The number of carbonyl (C=O) groups is 1. The van der Waals surface area contributed by atoms with Gasteiger partial charge in [-0.3, -0.25) is 5.40 Å². The molecule has 0 spiro atoms. The highest BCUT2D eigenvalue weighted by atomic mass is 35.5. The third kappa shape index (κ3) is 5.81. The Bertz CT molecular complexity index is 927. The van der Waals surface area contributed by atoms with Crippen molar-refractivity contribution in [1.82, 2.24) is 0 Å². The lowest BCUT2D eigenvalue weighted by Crippen LogP contribution is -2.20. The van der Waals surface area contributed by atoms with Crippen LogP contribution < -0.4 is 0 Å². The van der Waals surface area contributed by atoms with Crippen LogP contribution in [0.15, 0.2) is 77.4 Å². The number of carbonyl (C=O) groups excluding carboxylic acids is 1. The van der Waals surface area contributed by atoms with Crippen LogP contribution in [0, 0.1) is 5.40 Å². The fourth-order valence-electron chi connectivity index (χ4n) is 2.60. The highest BCUT2D eigenvalue weighted by molar-refractivity contribution is 6.35. The van der Waals surface area contributed by atoms with Crippen LogP contribution in [0.4, 0.5) is 0 Å². The van der Waals surface area contributed by atoms with Crippen molar-refractivity contribution in [2.75, 3.05) is 0 Å². The van der Waals surface area contributed by atoms with E-state index in [9.17, 15) is 4.79 Å². The van der Waals surface area contributed by atoms with E-state index < -0.39 is 12.1 Å². The number of ether oxygens (including phenoxy) is 2. The number of furan rings is 1. The van der Waals surface area contributed by atoms with Crippen LogP contribution in [0.2, 0.25) is 6.43 Å². The second-order valence-corrected chi connectivity index (χ2v) is 6.58. The molecule has 28 heavy (non-hydrogen) atoms. The lowest BCUT2D eigenvalue weighted by Gasteiger charge is -2.19. The lowest BCUT2D eigenvalue weighted by molar-refractivity contribution is -0.137. The van der Waals surface area contributed by atoms with Crippen molar-refractivity contribution in [1.29, 1.82) is 5.40 Å². The molecule has 1 atom stereocenters. The first-order chi connectivity index (χ1) is 14.2. The molecule has 5 nitrogen and oxygen atoms in total. The van der Waals surface area contributed by atoms with Crippen molar-refractivity contribution in [2.45, 2.75) is 25.7 Å². The quantitative estimate of drug-likeness (QED) is 0.390. The summed E-state index contributed by atoms with van der Waals surface area (Å²) in [4.78, 5) is 12.4. The van der Waals surface area contributed by atoms with E-state index in [0.717, 1.165) is 11.1 Å². The zero-order chi connectivity index (χ0) is 20.5. The highest BCUT2D eigenvalue weighted by Gasteiger charge is 2.20. The van der Waals surface area contributed by atoms with E-state index >= 15 is 0 Å². The van der Waals surface area contributed by atoms with Gasteiger partial charge in [0.2, 0.25) is 0 Å². The maximum atomic E-state index is 12.4. The van der Waals surface area contributed by atoms with Crippen molar-refractivity contribution in [3.8, 4) is 0 Å². The summed E-state index contributed by atoms with van der Waals surface area (Å²) < 4.78 is 23.8. The molecule has 1 aromatic heterocycles. The van der Waals surface area contributed by atoms with Crippen molar-refractivity contribution in [3.05, 3.63) is 94.9 Å². The van der Waals surface area contributed by atoms with Gasteiger partial charge >= 0.3 is 5.97 Å². The first-order valence-corrected chi connectivity index (χ1v) is 9.15. The molecule has 2 aromatic carbocycles. The number of esters is 1. The van der Waals surface area contributed by atoms with Gasteiger partial charge in [0, 0.05) is 11.4 Å². The molecular weight excluding hydrogens is 378 g/mol. The highest BCUT2D eigenvalue weighted by Crippen LogP contribution is 2.25. The number of nitrogens with one attached hydrogen (secondary N) is 1. The molecular formula is C22H20ClNO4. The van der Waals surface area contributed by atoms with Gasteiger partial charge in [-0.2, -0.15) is 0 Å². The molecule has 0 bridgehead atoms. The molecule has 0 radical (unpaired) electrons. The molecule has 0 amide bonds. The molecule has 1 heterocycles. The average molecular weight is 398 g/mol. The summed E-state index contributed by atoms with van der Waals surface area (Å²) in [6, 6.07) is 20.3. The Balaban J connectivity index is 1.69. The number of hydrogen-bond donors (Lipinski definition) is 1. The van der Waals surface area contributed by atoms with Crippen molar-refractivity contribution in [2.24, 2.45) is 0 Å². The molecule has 1 unspecified atom stereocenters. The Labute approximate surface area is 169 Å². The van der Waals surface area contributed by atoms with Gasteiger partial charge in [-0.25, -0.2) is 4.79 Å². The van der Waals surface area contributed by atoms with Gasteiger partial charge in [-0.1, -0.05) is 54.1 Å². The van der Waals surface area contributed by atoms with Crippen molar-refractivity contribution < 1.29 is 20.1 Å². The Hall–Kier alpha value is -2.89. The van der Waals surface area contributed by atoms with E-state index in [0.29, 0.717) is 17.4 Å². The first kappa shape index (κ1) is 18.5.